The summed E-state index contributed by atoms with van der Waals surface area (Å²) in [5, 5.41) is 4.70. The maximum absolute atomic E-state index is 12.9. The molecule has 0 atom stereocenters. The Morgan fingerprint density at radius 3 is 2.62 bits per heavy atom. The summed E-state index contributed by atoms with van der Waals surface area (Å²) in [6, 6.07) is 17.0. The van der Waals surface area contributed by atoms with E-state index in [9.17, 15) is 9.59 Å². The quantitative estimate of drug-likeness (QED) is 0.654. The Morgan fingerprint density at radius 1 is 1.12 bits per heavy atom. The topological polar surface area (TPSA) is 64.4 Å². The molecule has 1 aromatic heterocycles. The molecule has 134 valence electrons. The van der Waals surface area contributed by atoms with Crippen molar-refractivity contribution in [1.29, 1.82) is 0 Å². The lowest BCUT2D eigenvalue weighted by molar-refractivity contribution is -0.133. The largest absolute Gasteiger partial charge is 0.383 e. The molecule has 0 radical (unpaired) electrons. The summed E-state index contributed by atoms with van der Waals surface area (Å²) in [5.74, 6) is -0.0767. The summed E-state index contributed by atoms with van der Waals surface area (Å²) in [6.07, 6.45) is 1.26. The Kier molecular flexibility index (Phi) is 5.76. The Labute approximate surface area is 151 Å². The molecule has 2 aromatic carbocycles. The van der Waals surface area contributed by atoms with Gasteiger partial charge in [0.05, 0.1) is 18.3 Å². The minimum atomic E-state index is -0.148. The molecule has 0 aliphatic rings. The molecule has 1 amide bonds. The Bertz CT molecular complexity index is 938. The zero-order valence-corrected chi connectivity index (χ0v) is 14.7. The van der Waals surface area contributed by atoms with Crippen molar-refractivity contribution in [2.24, 2.45) is 0 Å². The van der Waals surface area contributed by atoms with Gasteiger partial charge in [-0.3, -0.25) is 14.3 Å². The highest BCUT2D eigenvalue weighted by Crippen LogP contribution is 2.10. The first-order valence-electron chi connectivity index (χ1n) is 8.44. The van der Waals surface area contributed by atoms with E-state index in [-0.39, 0.29) is 17.9 Å². The van der Waals surface area contributed by atoms with Gasteiger partial charge in [0, 0.05) is 25.6 Å². The number of amides is 1. The van der Waals surface area contributed by atoms with Gasteiger partial charge in [-0.2, -0.15) is 5.10 Å². The molecule has 0 spiro atoms. The third kappa shape index (κ3) is 4.15. The molecule has 0 N–H and O–H groups in total. The zero-order valence-electron chi connectivity index (χ0n) is 14.7. The fourth-order valence-electron chi connectivity index (χ4n) is 2.81. The molecular weight excluding hydrogens is 330 g/mol. The summed E-state index contributed by atoms with van der Waals surface area (Å²) >= 11 is 0. The first-order valence-corrected chi connectivity index (χ1v) is 8.44. The van der Waals surface area contributed by atoms with Crippen molar-refractivity contribution in [3.63, 3.8) is 0 Å². The van der Waals surface area contributed by atoms with Crippen LogP contribution in [-0.4, -0.2) is 40.8 Å². The lowest BCUT2D eigenvalue weighted by atomic mass is 10.2. The molecular formula is C20H21N3O3. The maximum atomic E-state index is 12.9. The highest BCUT2D eigenvalue weighted by Gasteiger charge is 2.16. The molecule has 0 aliphatic carbocycles. The van der Waals surface area contributed by atoms with Crippen LogP contribution in [0.2, 0.25) is 0 Å². The summed E-state index contributed by atoms with van der Waals surface area (Å²) in [4.78, 5) is 26.6. The number of fused-ring (bicyclic) bond motifs is 1. The Hall–Kier alpha value is -2.99. The second-order valence-corrected chi connectivity index (χ2v) is 5.98. The Balaban J connectivity index is 1.83. The highest BCUT2D eigenvalue weighted by molar-refractivity contribution is 5.81. The molecule has 6 nitrogen and oxygen atoms in total. The number of benzene rings is 2. The summed E-state index contributed by atoms with van der Waals surface area (Å²) in [7, 11) is 1.61. The standard InChI is InChI=1S/C20H21N3O3/c1-26-12-11-22(14-16-7-3-2-4-8-16)20(25)15-23-18-10-6-5-9-17(18)19(24)13-21-23/h2-10,13H,11-12,14-15H2,1H3. The van der Waals surface area contributed by atoms with Crippen LogP contribution in [-0.2, 0) is 22.6 Å². The van der Waals surface area contributed by atoms with E-state index in [0.717, 1.165) is 5.56 Å². The van der Waals surface area contributed by atoms with Crippen LogP contribution >= 0.6 is 0 Å². The van der Waals surface area contributed by atoms with E-state index in [1.165, 1.54) is 6.20 Å². The number of hydrogen-bond donors (Lipinski definition) is 0. The summed E-state index contributed by atoms with van der Waals surface area (Å²) in [6.45, 7) is 1.51. The second-order valence-electron chi connectivity index (χ2n) is 5.98. The number of ether oxygens (including phenoxy) is 1. The molecule has 26 heavy (non-hydrogen) atoms. The molecule has 0 unspecified atom stereocenters. The lowest BCUT2D eigenvalue weighted by Gasteiger charge is -2.23. The van der Waals surface area contributed by atoms with Crippen molar-refractivity contribution in [3.05, 3.63) is 76.6 Å². The molecule has 0 fully saturated rings. The van der Waals surface area contributed by atoms with Gasteiger partial charge in [0.2, 0.25) is 11.3 Å². The molecule has 0 saturated carbocycles. The molecule has 0 saturated heterocycles. The van der Waals surface area contributed by atoms with E-state index in [2.05, 4.69) is 5.10 Å². The van der Waals surface area contributed by atoms with Crippen LogP contribution in [0.5, 0.6) is 0 Å². The van der Waals surface area contributed by atoms with E-state index in [4.69, 9.17) is 4.74 Å². The number of methoxy groups -OCH3 is 1. The first kappa shape index (κ1) is 17.8. The van der Waals surface area contributed by atoms with E-state index in [1.807, 2.05) is 36.4 Å². The van der Waals surface area contributed by atoms with Gasteiger partial charge < -0.3 is 9.64 Å². The molecule has 1 heterocycles. The number of aromatic nitrogens is 2. The third-order valence-corrected chi connectivity index (χ3v) is 4.18. The van der Waals surface area contributed by atoms with Crippen LogP contribution in [0, 0.1) is 0 Å². The average molecular weight is 351 g/mol. The fraction of sp³-hybridized carbons (Fsp3) is 0.250. The van der Waals surface area contributed by atoms with Crippen molar-refractivity contribution in [3.8, 4) is 0 Å². The van der Waals surface area contributed by atoms with Crippen LogP contribution in [0.1, 0.15) is 5.56 Å². The molecule has 3 rings (SSSR count). The van der Waals surface area contributed by atoms with Gasteiger partial charge >= 0.3 is 0 Å². The number of nitrogens with zero attached hydrogens (tertiary/aromatic N) is 3. The van der Waals surface area contributed by atoms with Gasteiger partial charge in [-0.15, -0.1) is 0 Å². The highest BCUT2D eigenvalue weighted by atomic mass is 16.5. The zero-order chi connectivity index (χ0) is 18.4. The third-order valence-electron chi connectivity index (χ3n) is 4.18. The van der Waals surface area contributed by atoms with Crippen molar-refractivity contribution in [2.75, 3.05) is 20.3 Å². The van der Waals surface area contributed by atoms with E-state index >= 15 is 0 Å². The average Bonchev–Trinajstić information content (AvgIpc) is 2.68. The SMILES string of the molecule is COCCN(Cc1ccccc1)C(=O)Cn1ncc(=O)c2ccccc21. The van der Waals surface area contributed by atoms with Crippen molar-refractivity contribution >= 4 is 16.8 Å². The smallest absolute Gasteiger partial charge is 0.244 e. The van der Waals surface area contributed by atoms with Crippen LogP contribution in [0.15, 0.2) is 65.6 Å². The predicted molar refractivity (Wildman–Crippen MR) is 99.7 cm³/mol. The van der Waals surface area contributed by atoms with Crippen molar-refractivity contribution < 1.29 is 9.53 Å². The van der Waals surface area contributed by atoms with E-state index in [1.54, 1.807) is 34.9 Å². The summed E-state index contributed by atoms with van der Waals surface area (Å²) < 4.78 is 6.71. The first-order chi connectivity index (χ1) is 12.7. The van der Waals surface area contributed by atoms with Gasteiger partial charge in [0.25, 0.3) is 0 Å². The summed E-state index contributed by atoms with van der Waals surface area (Å²) in [5.41, 5.74) is 1.55. The molecule has 3 aromatic rings. The Morgan fingerprint density at radius 2 is 1.85 bits per heavy atom. The van der Waals surface area contributed by atoms with E-state index in [0.29, 0.717) is 30.6 Å². The normalized spacial score (nSPS) is 10.8. The number of carbonyl (C=O) groups is 1. The van der Waals surface area contributed by atoms with Gasteiger partial charge in [0.1, 0.15) is 6.54 Å². The van der Waals surface area contributed by atoms with Crippen LogP contribution < -0.4 is 5.43 Å². The number of para-hydroxylation sites is 1. The van der Waals surface area contributed by atoms with Gasteiger partial charge in [0.15, 0.2) is 0 Å². The minimum absolute atomic E-state index is 0.0668. The van der Waals surface area contributed by atoms with Crippen molar-refractivity contribution in [2.45, 2.75) is 13.1 Å². The lowest BCUT2D eigenvalue weighted by Crippen LogP contribution is -2.36. The molecule has 6 heteroatoms. The molecule has 0 bridgehead atoms. The molecule has 0 aliphatic heterocycles. The van der Waals surface area contributed by atoms with Gasteiger partial charge in [-0.25, -0.2) is 0 Å². The second kappa shape index (κ2) is 8.40. The van der Waals surface area contributed by atoms with Gasteiger partial charge in [-0.1, -0.05) is 42.5 Å². The number of carbonyl (C=O) groups excluding carboxylic acids is 1. The monoisotopic (exact) mass is 351 g/mol. The maximum Gasteiger partial charge on any atom is 0.244 e. The van der Waals surface area contributed by atoms with Crippen LogP contribution in [0.4, 0.5) is 0 Å². The predicted octanol–water partition coefficient (Wildman–Crippen LogP) is 2.07. The number of rotatable bonds is 7. The van der Waals surface area contributed by atoms with Crippen molar-refractivity contribution in [1.82, 2.24) is 14.7 Å². The van der Waals surface area contributed by atoms with Gasteiger partial charge in [-0.05, 0) is 17.7 Å². The fourth-order valence-corrected chi connectivity index (χ4v) is 2.81. The number of hydrogen-bond acceptors (Lipinski definition) is 4. The van der Waals surface area contributed by atoms with Crippen LogP contribution in [0.25, 0.3) is 10.9 Å². The van der Waals surface area contributed by atoms with Crippen LogP contribution in [0.3, 0.4) is 0 Å². The van der Waals surface area contributed by atoms with E-state index < -0.39 is 0 Å². The minimum Gasteiger partial charge on any atom is -0.383 e.